The maximum atomic E-state index is 12.0. The standard InChI is InChI=1S/C12H14Cl2N2O2/c13-7-1-3-9(14)10(5-7)16-12(17)11-4-2-8(6-15)18-11/h1,3,5,8,11H,2,4,6,15H2,(H,16,17). The lowest BCUT2D eigenvalue weighted by Gasteiger charge is -2.13. The van der Waals surface area contributed by atoms with E-state index >= 15 is 0 Å². The molecule has 2 atom stereocenters. The first-order valence-electron chi connectivity index (χ1n) is 5.71. The number of hydrogen-bond acceptors (Lipinski definition) is 3. The minimum atomic E-state index is -0.464. The van der Waals surface area contributed by atoms with Gasteiger partial charge in [-0.25, -0.2) is 0 Å². The summed E-state index contributed by atoms with van der Waals surface area (Å²) in [6.45, 7) is 0.432. The molecule has 18 heavy (non-hydrogen) atoms. The summed E-state index contributed by atoms with van der Waals surface area (Å²) in [4.78, 5) is 12.0. The third kappa shape index (κ3) is 3.14. The smallest absolute Gasteiger partial charge is 0.253 e. The number of halogens is 2. The molecule has 4 nitrogen and oxygen atoms in total. The molecular formula is C12H14Cl2N2O2. The van der Waals surface area contributed by atoms with Crippen LogP contribution in [-0.4, -0.2) is 24.7 Å². The molecule has 0 saturated carbocycles. The van der Waals surface area contributed by atoms with Crippen LogP contribution in [-0.2, 0) is 9.53 Å². The molecule has 0 bridgehead atoms. The Bertz CT molecular complexity index is 454. The van der Waals surface area contributed by atoms with Crippen molar-refractivity contribution in [1.29, 1.82) is 0 Å². The molecule has 1 aromatic rings. The average molecular weight is 289 g/mol. The Kier molecular flexibility index (Phi) is 4.45. The van der Waals surface area contributed by atoms with Crippen molar-refractivity contribution in [2.45, 2.75) is 25.0 Å². The molecule has 0 aliphatic carbocycles. The van der Waals surface area contributed by atoms with Crippen LogP contribution in [0.4, 0.5) is 5.69 Å². The number of nitrogens with one attached hydrogen (secondary N) is 1. The second-order valence-corrected chi connectivity index (χ2v) is 5.02. The van der Waals surface area contributed by atoms with Crippen molar-refractivity contribution in [1.82, 2.24) is 0 Å². The molecular weight excluding hydrogens is 275 g/mol. The van der Waals surface area contributed by atoms with E-state index in [-0.39, 0.29) is 12.0 Å². The fourth-order valence-corrected chi connectivity index (χ4v) is 2.22. The molecule has 1 fully saturated rings. The van der Waals surface area contributed by atoms with E-state index in [0.717, 1.165) is 6.42 Å². The van der Waals surface area contributed by atoms with Crippen molar-refractivity contribution >= 4 is 34.8 Å². The van der Waals surface area contributed by atoms with Gasteiger partial charge in [0.1, 0.15) is 6.10 Å². The van der Waals surface area contributed by atoms with Gasteiger partial charge in [-0.2, -0.15) is 0 Å². The van der Waals surface area contributed by atoms with Crippen LogP contribution in [0.15, 0.2) is 18.2 Å². The molecule has 2 unspecified atom stereocenters. The largest absolute Gasteiger partial charge is 0.364 e. The Hall–Kier alpha value is -0.810. The van der Waals surface area contributed by atoms with Crippen LogP contribution >= 0.6 is 23.2 Å². The van der Waals surface area contributed by atoms with Crippen molar-refractivity contribution in [3.63, 3.8) is 0 Å². The average Bonchev–Trinajstić information content (AvgIpc) is 2.82. The van der Waals surface area contributed by atoms with E-state index in [9.17, 15) is 4.79 Å². The number of rotatable bonds is 3. The quantitative estimate of drug-likeness (QED) is 0.898. The summed E-state index contributed by atoms with van der Waals surface area (Å²) in [6.07, 6.45) is 0.980. The molecule has 1 aliphatic rings. The van der Waals surface area contributed by atoms with Gasteiger partial charge in [-0.3, -0.25) is 4.79 Å². The van der Waals surface area contributed by atoms with E-state index in [0.29, 0.717) is 28.7 Å². The van der Waals surface area contributed by atoms with E-state index in [2.05, 4.69) is 5.32 Å². The second-order valence-electron chi connectivity index (χ2n) is 4.17. The predicted molar refractivity (Wildman–Crippen MR) is 72.0 cm³/mol. The van der Waals surface area contributed by atoms with Crippen molar-refractivity contribution < 1.29 is 9.53 Å². The number of benzene rings is 1. The third-order valence-electron chi connectivity index (χ3n) is 2.85. The fraction of sp³-hybridized carbons (Fsp3) is 0.417. The van der Waals surface area contributed by atoms with Crippen molar-refractivity contribution in [2.75, 3.05) is 11.9 Å². The molecule has 1 heterocycles. The lowest BCUT2D eigenvalue weighted by atomic mass is 10.2. The van der Waals surface area contributed by atoms with Gasteiger partial charge in [0.2, 0.25) is 0 Å². The van der Waals surface area contributed by atoms with Gasteiger partial charge >= 0.3 is 0 Å². The number of amides is 1. The Morgan fingerprint density at radius 1 is 1.44 bits per heavy atom. The van der Waals surface area contributed by atoms with Crippen LogP contribution in [0, 0.1) is 0 Å². The summed E-state index contributed by atoms with van der Waals surface area (Å²) in [6, 6.07) is 4.91. The van der Waals surface area contributed by atoms with Crippen LogP contribution in [0.1, 0.15) is 12.8 Å². The Balaban J connectivity index is 2.01. The van der Waals surface area contributed by atoms with Gasteiger partial charge in [0.05, 0.1) is 16.8 Å². The normalized spacial score (nSPS) is 23.1. The molecule has 1 amide bonds. The van der Waals surface area contributed by atoms with Crippen LogP contribution in [0.25, 0.3) is 0 Å². The minimum absolute atomic E-state index is 0.0319. The first-order valence-corrected chi connectivity index (χ1v) is 6.47. The topological polar surface area (TPSA) is 64.4 Å². The summed E-state index contributed by atoms with van der Waals surface area (Å²) in [7, 11) is 0. The Labute approximate surface area is 115 Å². The van der Waals surface area contributed by atoms with Crippen LogP contribution in [0.5, 0.6) is 0 Å². The van der Waals surface area contributed by atoms with E-state index in [1.54, 1.807) is 18.2 Å². The maximum Gasteiger partial charge on any atom is 0.253 e. The van der Waals surface area contributed by atoms with Gasteiger partial charge in [0.15, 0.2) is 0 Å². The Morgan fingerprint density at radius 2 is 2.22 bits per heavy atom. The molecule has 0 radical (unpaired) electrons. The van der Waals surface area contributed by atoms with Gasteiger partial charge < -0.3 is 15.8 Å². The first-order chi connectivity index (χ1) is 8.60. The highest BCUT2D eigenvalue weighted by molar-refractivity contribution is 6.35. The molecule has 0 aromatic heterocycles. The summed E-state index contributed by atoms with van der Waals surface area (Å²) >= 11 is 11.8. The van der Waals surface area contributed by atoms with Crippen molar-refractivity contribution in [3.8, 4) is 0 Å². The number of hydrogen-bond donors (Lipinski definition) is 2. The number of ether oxygens (including phenoxy) is 1. The first kappa shape index (κ1) is 13.6. The summed E-state index contributed by atoms with van der Waals surface area (Å²) in [5, 5.41) is 3.68. The molecule has 2 rings (SSSR count). The number of carbonyl (C=O) groups is 1. The Morgan fingerprint density at radius 3 is 2.89 bits per heavy atom. The molecule has 3 N–H and O–H groups in total. The van der Waals surface area contributed by atoms with Gasteiger partial charge in [-0.1, -0.05) is 23.2 Å². The highest BCUT2D eigenvalue weighted by Crippen LogP contribution is 2.27. The zero-order valence-corrected chi connectivity index (χ0v) is 11.2. The van der Waals surface area contributed by atoms with Crippen LogP contribution < -0.4 is 11.1 Å². The van der Waals surface area contributed by atoms with Gasteiger partial charge in [0, 0.05) is 11.6 Å². The molecule has 1 aliphatic heterocycles. The van der Waals surface area contributed by atoms with E-state index in [1.165, 1.54) is 0 Å². The van der Waals surface area contributed by atoms with E-state index in [4.69, 9.17) is 33.7 Å². The molecule has 98 valence electrons. The summed E-state index contributed by atoms with van der Waals surface area (Å²) in [5.74, 6) is -0.213. The predicted octanol–water partition coefficient (Wildman–Crippen LogP) is 2.44. The lowest BCUT2D eigenvalue weighted by molar-refractivity contribution is -0.126. The van der Waals surface area contributed by atoms with Crippen LogP contribution in [0.3, 0.4) is 0 Å². The van der Waals surface area contributed by atoms with Crippen molar-refractivity contribution in [3.05, 3.63) is 28.2 Å². The van der Waals surface area contributed by atoms with Crippen LogP contribution in [0.2, 0.25) is 10.0 Å². The van der Waals surface area contributed by atoms with Crippen molar-refractivity contribution in [2.24, 2.45) is 5.73 Å². The maximum absolute atomic E-state index is 12.0. The number of carbonyl (C=O) groups excluding carboxylic acids is 1. The minimum Gasteiger partial charge on any atom is -0.364 e. The fourth-order valence-electron chi connectivity index (χ4n) is 1.88. The molecule has 6 heteroatoms. The molecule has 0 spiro atoms. The number of nitrogens with two attached hydrogens (primary N) is 1. The monoisotopic (exact) mass is 288 g/mol. The zero-order chi connectivity index (χ0) is 13.1. The van der Waals surface area contributed by atoms with E-state index in [1.807, 2.05) is 0 Å². The summed E-state index contributed by atoms with van der Waals surface area (Å²) < 4.78 is 5.50. The highest BCUT2D eigenvalue weighted by atomic mass is 35.5. The third-order valence-corrected chi connectivity index (χ3v) is 3.41. The zero-order valence-electron chi connectivity index (χ0n) is 9.66. The van der Waals surface area contributed by atoms with E-state index < -0.39 is 6.10 Å². The number of anilines is 1. The second kappa shape index (κ2) is 5.89. The lowest BCUT2D eigenvalue weighted by Crippen LogP contribution is -2.29. The highest BCUT2D eigenvalue weighted by Gasteiger charge is 2.30. The van der Waals surface area contributed by atoms with Gasteiger partial charge in [0.25, 0.3) is 5.91 Å². The molecule has 1 saturated heterocycles. The van der Waals surface area contributed by atoms with Gasteiger partial charge in [-0.05, 0) is 31.0 Å². The van der Waals surface area contributed by atoms with Gasteiger partial charge in [-0.15, -0.1) is 0 Å². The SMILES string of the molecule is NCC1CCC(C(=O)Nc2cc(Cl)ccc2Cl)O1. The summed E-state index contributed by atoms with van der Waals surface area (Å²) in [5.41, 5.74) is 5.99. The molecule has 1 aromatic carbocycles.